The van der Waals surface area contributed by atoms with Gasteiger partial charge in [-0.2, -0.15) is 0 Å². The molecule has 2 rings (SSSR count). The maximum absolute atomic E-state index is 14.1. The van der Waals surface area contributed by atoms with Crippen molar-refractivity contribution in [1.29, 1.82) is 0 Å². The lowest BCUT2D eigenvalue weighted by Crippen LogP contribution is -2.58. The standard InChI is InChI=1S/C16H20F2N2O3/c1-16(2,3)20(15(22)23)12-6-7-13(21)19-14(12)10-8-9(17)4-5-11(10)18/h4-5,8,12,14H,6-7H2,1-3H3,(H,19,21)(H,22,23)/t12-,14-/m0/s1. The van der Waals surface area contributed by atoms with Gasteiger partial charge in [-0.25, -0.2) is 13.6 Å². The molecule has 1 fully saturated rings. The van der Waals surface area contributed by atoms with Gasteiger partial charge in [0.1, 0.15) is 11.6 Å². The Hall–Kier alpha value is -2.18. The molecule has 126 valence electrons. The van der Waals surface area contributed by atoms with Crippen LogP contribution in [0, 0.1) is 11.6 Å². The molecule has 0 aromatic heterocycles. The third-order valence-corrected chi connectivity index (χ3v) is 3.92. The summed E-state index contributed by atoms with van der Waals surface area (Å²) in [6.07, 6.45) is -0.783. The zero-order chi connectivity index (χ0) is 17.4. The molecule has 1 heterocycles. The number of hydrogen-bond donors (Lipinski definition) is 2. The Morgan fingerprint density at radius 3 is 2.57 bits per heavy atom. The smallest absolute Gasteiger partial charge is 0.408 e. The van der Waals surface area contributed by atoms with E-state index in [0.29, 0.717) is 0 Å². The second-order valence-electron chi connectivity index (χ2n) is 6.64. The molecular weight excluding hydrogens is 306 g/mol. The number of nitrogens with zero attached hydrogens (tertiary/aromatic N) is 1. The summed E-state index contributed by atoms with van der Waals surface area (Å²) in [5, 5.41) is 12.2. The van der Waals surface area contributed by atoms with Gasteiger partial charge in [-0.3, -0.25) is 9.69 Å². The summed E-state index contributed by atoms with van der Waals surface area (Å²) in [6.45, 7) is 5.16. The summed E-state index contributed by atoms with van der Waals surface area (Å²) in [7, 11) is 0. The van der Waals surface area contributed by atoms with Gasteiger partial charge in [0.2, 0.25) is 5.91 Å². The maximum atomic E-state index is 14.1. The summed E-state index contributed by atoms with van der Waals surface area (Å²) in [5.41, 5.74) is -0.792. The van der Waals surface area contributed by atoms with Crippen molar-refractivity contribution in [3.63, 3.8) is 0 Å². The summed E-state index contributed by atoms with van der Waals surface area (Å²) in [5.74, 6) is -1.63. The van der Waals surface area contributed by atoms with Crippen LogP contribution in [0.25, 0.3) is 0 Å². The molecular formula is C16H20F2N2O3. The molecule has 23 heavy (non-hydrogen) atoms. The van der Waals surface area contributed by atoms with Crippen LogP contribution in [0.4, 0.5) is 13.6 Å². The van der Waals surface area contributed by atoms with Gasteiger partial charge in [0, 0.05) is 17.5 Å². The van der Waals surface area contributed by atoms with Crippen molar-refractivity contribution in [2.45, 2.75) is 51.2 Å². The molecule has 0 aliphatic carbocycles. The van der Waals surface area contributed by atoms with Gasteiger partial charge in [0.15, 0.2) is 0 Å². The predicted octanol–water partition coefficient (Wildman–Crippen LogP) is 3.06. The average molecular weight is 326 g/mol. The van der Waals surface area contributed by atoms with E-state index in [2.05, 4.69) is 5.32 Å². The normalized spacial score (nSPS) is 21.7. The Balaban J connectivity index is 2.49. The second kappa shape index (κ2) is 6.14. The number of nitrogens with one attached hydrogen (secondary N) is 1. The van der Waals surface area contributed by atoms with E-state index in [-0.39, 0.29) is 24.3 Å². The van der Waals surface area contributed by atoms with Crippen molar-refractivity contribution in [3.8, 4) is 0 Å². The van der Waals surface area contributed by atoms with Crippen LogP contribution in [0.5, 0.6) is 0 Å². The zero-order valence-corrected chi connectivity index (χ0v) is 13.3. The highest BCUT2D eigenvalue weighted by Gasteiger charge is 2.42. The van der Waals surface area contributed by atoms with Gasteiger partial charge < -0.3 is 10.4 Å². The summed E-state index contributed by atoms with van der Waals surface area (Å²) >= 11 is 0. The van der Waals surface area contributed by atoms with Crippen molar-refractivity contribution in [2.75, 3.05) is 0 Å². The number of carboxylic acid groups (broad SMARTS) is 1. The molecule has 0 saturated carbocycles. The number of benzene rings is 1. The van der Waals surface area contributed by atoms with E-state index >= 15 is 0 Å². The predicted molar refractivity (Wildman–Crippen MR) is 79.9 cm³/mol. The molecule has 7 heteroatoms. The number of carbonyl (C=O) groups is 2. The van der Waals surface area contributed by atoms with E-state index in [1.807, 2.05) is 0 Å². The Morgan fingerprint density at radius 1 is 1.35 bits per heavy atom. The van der Waals surface area contributed by atoms with Crippen LogP contribution in [0.15, 0.2) is 18.2 Å². The molecule has 1 aliphatic rings. The maximum Gasteiger partial charge on any atom is 0.408 e. The summed E-state index contributed by atoms with van der Waals surface area (Å²) in [6, 6.07) is 1.35. The number of rotatable bonds is 2. The van der Waals surface area contributed by atoms with Crippen LogP contribution in [0.1, 0.15) is 45.2 Å². The SMILES string of the molecule is CC(C)(C)N(C(=O)O)[C@H]1CCC(=O)N[C@H]1c1cc(F)ccc1F. The molecule has 1 aliphatic heterocycles. The molecule has 2 atom stereocenters. The number of halogens is 2. The summed E-state index contributed by atoms with van der Waals surface area (Å²) in [4.78, 5) is 24.6. The van der Waals surface area contributed by atoms with Crippen LogP contribution in [-0.2, 0) is 4.79 Å². The van der Waals surface area contributed by atoms with Gasteiger partial charge in [0.25, 0.3) is 0 Å². The molecule has 0 unspecified atom stereocenters. The molecule has 0 radical (unpaired) electrons. The van der Waals surface area contributed by atoms with Crippen LogP contribution in [0.3, 0.4) is 0 Å². The van der Waals surface area contributed by atoms with Crippen LogP contribution in [0.2, 0.25) is 0 Å². The van der Waals surface area contributed by atoms with E-state index in [1.165, 1.54) is 4.90 Å². The lowest BCUT2D eigenvalue weighted by Gasteiger charge is -2.45. The highest BCUT2D eigenvalue weighted by molar-refractivity contribution is 5.78. The number of carbonyl (C=O) groups excluding carboxylic acids is 1. The van der Waals surface area contributed by atoms with Gasteiger partial charge in [-0.15, -0.1) is 0 Å². The highest BCUT2D eigenvalue weighted by Crippen LogP contribution is 2.34. The topological polar surface area (TPSA) is 69.6 Å². The molecule has 1 saturated heterocycles. The van der Waals surface area contributed by atoms with E-state index in [9.17, 15) is 23.5 Å². The van der Waals surface area contributed by atoms with Gasteiger partial charge in [-0.05, 0) is 45.4 Å². The van der Waals surface area contributed by atoms with E-state index in [0.717, 1.165) is 18.2 Å². The third kappa shape index (κ3) is 3.60. The number of amides is 2. The second-order valence-corrected chi connectivity index (χ2v) is 6.64. The van der Waals surface area contributed by atoms with E-state index < -0.39 is 35.4 Å². The van der Waals surface area contributed by atoms with Crippen LogP contribution >= 0.6 is 0 Å². The van der Waals surface area contributed by atoms with Crippen LogP contribution < -0.4 is 5.32 Å². The van der Waals surface area contributed by atoms with Crippen molar-refractivity contribution in [1.82, 2.24) is 10.2 Å². The molecule has 5 nitrogen and oxygen atoms in total. The lowest BCUT2D eigenvalue weighted by molar-refractivity contribution is -0.125. The third-order valence-electron chi connectivity index (χ3n) is 3.92. The monoisotopic (exact) mass is 326 g/mol. The highest BCUT2D eigenvalue weighted by atomic mass is 19.1. The summed E-state index contributed by atoms with van der Waals surface area (Å²) < 4.78 is 27.6. The molecule has 0 spiro atoms. The average Bonchev–Trinajstić information content (AvgIpc) is 2.41. The Kier molecular flexibility index (Phi) is 4.58. The fourth-order valence-corrected chi connectivity index (χ4v) is 3.03. The Bertz CT molecular complexity index is 628. The fourth-order valence-electron chi connectivity index (χ4n) is 3.03. The number of piperidine rings is 1. The first-order valence-electron chi connectivity index (χ1n) is 7.38. The van der Waals surface area contributed by atoms with Crippen molar-refractivity contribution >= 4 is 12.0 Å². The van der Waals surface area contributed by atoms with Gasteiger partial charge in [-0.1, -0.05) is 0 Å². The Labute approximate surface area is 133 Å². The quantitative estimate of drug-likeness (QED) is 0.877. The van der Waals surface area contributed by atoms with E-state index in [1.54, 1.807) is 20.8 Å². The van der Waals surface area contributed by atoms with Gasteiger partial charge in [0.05, 0.1) is 12.1 Å². The van der Waals surface area contributed by atoms with Crippen molar-refractivity contribution in [2.24, 2.45) is 0 Å². The fraction of sp³-hybridized carbons (Fsp3) is 0.500. The first kappa shape index (κ1) is 17.2. The minimum atomic E-state index is -1.17. The first-order chi connectivity index (χ1) is 10.6. The Morgan fingerprint density at radius 2 is 2.00 bits per heavy atom. The van der Waals surface area contributed by atoms with Crippen molar-refractivity contribution in [3.05, 3.63) is 35.4 Å². The van der Waals surface area contributed by atoms with Gasteiger partial charge >= 0.3 is 6.09 Å². The lowest BCUT2D eigenvalue weighted by atomic mass is 9.88. The molecule has 2 N–H and O–H groups in total. The molecule has 2 amide bonds. The van der Waals surface area contributed by atoms with Crippen molar-refractivity contribution < 1.29 is 23.5 Å². The zero-order valence-electron chi connectivity index (χ0n) is 13.3. The van der Waals surface area contributed by atoms with E-state index in [4.69, 9.17) is 0 Å². The molecule has 1 aromatic carbocycles. The molecule has 0 bridgehead atoms. The first-order valence-corrected chi connectivity index (χ1v) is 7.38. The minimum absolute atomic E-state index is 0.0430. The van der Waals surface area contributed by atoms with Crippen LogP contribution in [-0.4, -0.2) is 33.6 Å². The number of hydrogen-bond acceptors (Lipinski definition) is 2. The minimum Gasteiger partial charge on any atom is -0.465 e. The molecule has 1 aromatic rings. The largest absolute Gasteiger partial charge is 0.465 e.